The summed E-state index contributed by atoms with van der Waals surface area (Å²) in [5.74, 6) is -0.296. The van der Waals surface area contributed by atoms with Gasteiger partial charge in [-0.1, -0.05) is 12.1 Å². The fourth-order valence-corrected chi connectivity index (χ4v) is 1.41. The number of aryl methyl sites for hydroxylation is 1. The molecule has 0 fully saturated rings. The summed E-state index contributed by atoms with van der Waals surface area (Å²) in [6, 6.07) is 8.16. The van der Waals surface area contributed by atoms with E-state index in [1.165, 1.54) is 6.07 Å². The minimum atomic E-state index is -0.296. The lowest BCUT2D eigenvalue weighted by molar-refractivity contribution is 0.619. The van der Waals surface area contributed by atoms with Crippen molar-refractivity contribution in [1.29, 1.82) is 0 Å². The third-order valence-electron chi connectivity index (χ3n) is 2.30. The fraction of sp³-hybridized carbons (Fsp3) is 0.0833. The van der Waals surface area contributed by atoms with Crippen molar-refractivity contribution in [3.63, 3.8) is 0 Å². The highest BCUT2D eigenvalue weighted by Crippen LogP contribution is 2.17. The third-order valence-corrected chi connectivity index (χ3v) is 2.30. The zero-order valence-electron chi connectivity index (χ0n) is 8.25. The van der Waals surface area contributed by atoms with Crippen molar-refractivity contribution in [2.75, 3.05) is 0 Å². The molecular weight excluding hydrogens is 193 g/mol. The normalized spacial score (nSPS) is 10.3. The number of aromatic amines is 1. The molecule has 0 bridgehead atoms. The molecule has 1 aromatic carbocycles. The molecule has 76 valence electrons. The van der Waals surface area contributed by atoms with Crippen molar-refractivity contribution in [2.24, 2.45) is 0 Å². The molecule has 0 saturated heterocycles. The van der Waals surface area contributed by atoms with Crippen molar-refractivity contribution >= 4 is 0 Å². The molecule has 0 unspecified atom stereocenters. The van der Waals surface area contributed by atoms with Crippen molar-refractivity contribution in [2.45, 2.75) is 6.92 Å². The van der Waals surface area contributed by atoms with Crippen LogP contribution in [0.15, 0.2) is 41.3 Å². The highest BCUT2D eigenvalue weighted by Gasteiger charge is 2.04. The summed E-state index contributed by atoms with van der Waals surface area (Å²) >= 11 is 0. The second kappa shape index (κ2) is 3.69. The summed E-state index contributed by atoms with van der Waals surface area (Å²) in [4.78, 5) is 14.0. The van der Waals surface area contributed by atoms with Crippen LogP contribution in [0.2, 0.25) is 0 Å². The molecule has 0 spiro atoms. The number of H-pyrrole nitrogens is 1. The first-order valence-electron chi connectivity index (χ1n) is 4.63. The van der Waals surface area contributed by atoms with Gasteiger partial charge in [0.2, 0.25) is 0 Å². The van der Waals surface area contributed by atoms with Gasteiger partial charge in [0, 0.05) is 11.8 Å². The first kappa shape index (κ1) is 9.65. The van der Waals surface area contributed by atoms with Crippen molar-refractivity contribution in [1.82, 2.24) is 4.98 Å². The Bertz CT molecular complexity index is 545. The van der Waals surface area contributed by atoms with Gasteiger partial charge in [0.05, 0.1) is 0 Å². The lowest BCUT2D eigenvalue weighted by atomic mass is 10.1. The van der Waals surface area contributed by atoms with Crippen LogP contribution in [0.4, 0.5) is 4.39 Å². The Hall–Kier alpha value is -1.90. The SMILES string of the molecule is Cc1ccc(-c2ccc[nH]c2=O)cc1F. The summed E-state index contributed by atoms with van der Waals surface area (Å²) in [7, 11) is 0. The maximum absolute atomic E-state index is 13.3. The Labute approximate surface area is 86.4 Å². The Morgan fingerprint density at radius 2 is 2.07 bits per heavy atom. The molecule has 1 heterocycles. The zero-order valence-corrected chi connectivity index (χ0v) is 8.25. The molecule has 1 N–H and O–H groups in total. The summed E-state index contributed by atoms with van der Waals surface area (Å²) in [5, 5.41) is 0. The van der Waals surface area contributed by atoms with E-state index in [2.05, 4.69) is 4.98 Å². The van der Waals surface area contributed by atoms with Crippen LogP contribution in [-0.4, -0.2) is 4.98 Å². The largest absolute Gasteiger partial charge is 0.329 e. The van der Waals surface area contributed by atoms with E-state index in [4.69, 9.17) is 0 Å². The number of hydrogen-bond donors (Lipinski definition) is 1. The van der Waals surface area contributed by atoms with Crippen LogP contribution in [0.25, 0.3) is 11.1 Å². The summed E-state index contributed by atoms with van der Waals surface area (Å²) in [5.41, 5.74) is 1.45. The van der Waals surface area contributed by atoms with Crippen LogP contribution in [-0.2, 0) is 0 Å². The Balaban J connectivity index is 2.60. The van der Waals surface area contributed by atoms with Crippen LogP contribution in [0.5, 0.6) is 0 Å². The van der Waals surface area contributed by atoms with E-state index >= 15 is 0 Å². The van der Waals surface area contributed by atoms with Gasteiger partial charge in [-0.2, -0.15) is 0 Å². The van der Waals surface area contributed by atoms with Gasteiger partial charge in [-0.3, -0.25) is 4.79 Å². The summed E-state index contributed by atoms with van der Waals surface area (Å²) < 4.78 is 13.3. The molecule has 0 radical (unpaired) electrons. The highest BCUT2D eigenvalue weighted by atomic mass is 19.1. The molecule has 1 aromatic heterocycles. The van der Waals surface area contributed by atoms with Gasteiger partial charge >= 0.3 is 0 Å². The minimum Gasteiger partial charge on any atom is -0.329 e. The van der Waals surface area contributed by atoms with Crippen LogP contribution in [0.1, 0.15) is 5.56 Å². The van der Waals surface area contributed by atoms with E-state index in [1.807, 2.05) is 0 Å². The fourth-order valence-electron chi connectivity index (χ4n) is 1.41. The molecule has 0 atom stereocenters. The first-order chi connectivity index (χ1) is 7.18. The van der Waals surface area contributed by atoms with Gasteiger partial charge in [0.15, 0.2) is 0 Å². The summed E-state index contributed by atoms with van der Waals surface area (Å²) in [6.45, 7) is 1.69. The van der Waals surface area contributed by atoms with Gasteiger partial charge in [0.1, 0.15) is 5.82 Å². The highest BCUT2D eigenvalue weighted by molar-refractivity contribution is 5.62. The van der Waals surface area contributed by atoms with Gasteiger partial charge in [0.25, 0.3) is 5.56 Å². The predicted octanol–water partition coefficient (Wildman–Crippen LogP) is 2.49. The average molecular weight is 203 g/mol. The smallest absolute Gasteiger partial charge is 0.255 e. The molecule has 2 rings (SSSR count). The number of aromatic nitrogens is 1. The second-order valence-corrected chi connectivity index (χ2v) is 3.38. The third kappa shape index (κ3) is 1.81. The number of nitrogens with one attached hydrogen (secondary N) is 1. The molecular formula is C12H10FNO. The minimum absolute atomic E-state index is 0.208. The van der Waals surface area contributed by atoms with E-state index in [9.17, 15) is 9.18 Å². The Kier molecular flexibility index (Phi) is 2.37. The molecule has 0 aliphatic carbocycles. The molecule has 0 amide bonds. The van der Waals surface area contributed by atoms with E-state index in [-0.39, 0.29) is 11.4 Å². The molecule has 3 heteroatoms. The number of benzene rings is 1. The molecule has 0 saturated carbocycles. The van der Waals surface area contributed by atoms with E-state index in [1.54, 1.807) is 37.4 Å². The van der Waals surface area contributed by atoms with Crippen molar-refractivity contribution < 1.29 is 4.39 Å². The van der Waals surface area contributed by atoms with Crippen molar-refractivity contribution in [3.8, 4) is 11.1 Å². The van der Waals surface area contributed by atoms with Gasteiger partial charge in [-0.05, 0) is 36.2 Å². The topological polar surface area (TPSA) is 32.9 Å². The maximum Gasteiger partial charge on any atom is 0.255 e. The zero-order chi connectivity index (χ0) is 10.8. The lowest BCUT2D eigenvalue weighted by Gasteiger charge is -2.01. The quantitative estimate of drug-likeness (QED) is 0.758. The average Bonchev–Trinajstić information content (AvgIpc) is 2.23. The van der Waals surface area contributed by atoms with Crippen LogP contribution in [0.3, 0.4) is 0 Å². The first-order valence-corrected chi connectivity index (χ1v) is 4.63. The van der Waals surface area contributed by atoms with E-state index in [0.29, 0.717) is 16.7 Å². The van der Waals surface area contributed by atoms with Gasteiger partial charge in [-0.25, -0.2) is 4.39 Å². The number of hydrogen-bond acceptors (Lipinski definition) is 1. The standard InChI is InChI=1S/C12H10FNO/c1-8-4-5-9(7-11(8)13)10-3-2-6-14-12(10)15/h2-7H,1H3,(H,14,15). The predicted molar refractivity (Wildman–Crippen MR) is 57.2 cm³/mol. The number of rotatable bonds is 1. The lowest BCUT2D eigenvalue weighted by Crippen LogP contribution is -2.07. The molecule has 0 aliphatic rings. The molecule has 0 aliphatic heterocycles. The van der Waals surface area contributed by atoms with Gasteiger partial charge in [-0.15, -0.1) is 0 Å². The van der Waals surface area contributed by atoms with Crippen LogP contribution in [0, 0.1) is 12.7 Å². The van der Waals surface area contributed by atoms with Gasteiger partial charge < -0.3 is 4.98 Å². The van der Waals surface area contributed by atoms with Crippen LogP contribution >= 0.6 is 0 Å². The van der Waals surface area contributed by atoms with Crippen molar-refractivity contribution in [3.05, 3.63) is 58.3 Å². The maximum atomic E-state index is 13.3. The Morgan fingerprint density at radius 3 is 2.73 bits per heavy atom. The van der Waals surface area contributed by atoms with E-state index in [0.717, 1.165) is 0 Å². The molecule has 2 aromatic rings. The second-order valence-electron chi connectivity index (χ2n) is 3.38. The number of halogens is 1. The Morgan fingerprint density at radius 1 is 1.27 bits per heavy atom. The van der Waals surface area contributed by atoms with Crippen LogP contribution < -0.4 is 5.56 Å². The monoisotopic (exact) mass is 203 g/mol. The number of pyridine rings is 1. The molecule has 2 nitrogen and oxygen atoms in total. The molecule has 15 heavy (non-hydrogen) atoms. The van der Waals surface area contributed by atoms with E-state index < -0.39 is 0 Å². The summed E-state index contributed by atoms with van der Waals surface area (Å²) in [6.07, 6.45) is 1.55.